The van der Waals surface area contributed by atoms with Crippen molar-refractivity contribution in [3.05, 3.63) is 23.8 Å². The second-order valence-electron chi connectivity index (χ2n) is 3.24. The number of aromatic hydroxyl groups is 1. The number of methoxy groups -OCH3 is 1. The maximum absolute atomic E-state index is 9.91. The first-order valence-electron chi connectivity index (χ1n) is 4.70. The molecule has 0 amide bonds. The SMILES string of the molecule is COc1cccc(-c2noc(N)c2C#N)c1O. The zero-order valence-corrected chi connectivity index (χ0v) is 8.97. The summed E-state index contributed by atoms with van der Waals surface area (Å²) in [5.41, 5.74) is 6.07. The lowest BCUT2D eigenvalue weighted by Crippen LogP contribution is -1.89. The van der Waals surface area contributed by atoms with E-state index in [1.54, 1.807) is 18.2 Å². The highest BCUT2D eigenvalue weighted by Crippen LogP contribution is 2.38. The molecule has 0 radical (unpaired) electrons. The number of nitrogens with two attached hydrogens (primary N) is 1. The molecule has 0 aliphatic carbocycles. The number of anilines is 1. The van der Waals surface area contributed by atoms with Crippen molar-refractivity contribution in [3.63, 3.8) is 0 Å². The summed E-state index contributed by atoms with van der Waals surface area (Å²) in [5.74, 6) is 0.0949. The molecule has 2 rings (SSSR count). The predicted molar refractivity (Wildman–Crippen MR) is 59.3 cm³/mol. The molecule has 0 aliphatic heterocycles. The molecular formula is C11H9N3O3. The van der Waals surface area contributed by atoms with Crippen LogP contribution in [0.3, 0.4) is 0 Å². The van der Waals surface area contributed by atoms with E-state index in [1.165, 1.54) is 7.11 Å². The number of hydrogen-bond donors (Lipinski definition) is 2. The van der Waals surface area contributed by atoms with Gasteiger partial charge in [-0.25, -0.2) is 0 Å². The monoisotopic (exact) mass is 231 g/mol. The maximum Gasteiger partial charge on any atom is 0.240 e. The van der Waals surface area contributed by atoms with Crippen LogP contribution in [0, 0.1) is 11.3 Å². The van der Waals surface area contributed by atoms with Crippen LogP contribution in [-0.4, -0.2) is 17.4 Å². The summed E-state index contributed by atoms with van der Waals surface area (Å²) in [6.45, 7) is 0. The molecule has 0 saturated heterocycles. The Morgan fingerprint density at radius 2 is 2.29 bits per heavy atom. The highest BCUT2D eigenvalue weighted by Gasteiger charge is 2.19. The summed E-state index contributed by atoms with van der Waals surface area (Å²) >= 11 is 0. The normalized spacial score (nSPS) is 9.88. The number of nitrogen functional groups attached to an aromatic ring is 1. The van der Waals surface area contributed by atoms with Gasteiger partial charge in [0.1, 0.15) is 17.3 Å². The largest absolute Gasteiger partial charge is 0.504 e. The molecule has 0 atom stereocenters. The first-order chi connectivity index (χ1) is 8.19. The average molecular weight is 231 g/mol. The Morgan fingerprint density at radius 3 is 2.94 bits per heavy atom. The van der Waals surface area contributed by atoms with Crippen LogP contribution in [0.5, 0.6) is 11.5 Å². The number of nitriles is 1. The van der Waals surface area contributed by atoms with Gasteiger partial charge in [-0.3, -0.25) is 0 Å². The molecule has 2 aromatic rings. The molecule has 6 nitrogen and oxygen atoms in total. The van der Waals surface area contributed by atoms with Gasteiger partial charge >= 0.3 is 0 Å². The third-order valence-electron chi connectivity index (χ3n) is 2.30. The highest BCUT2D eigenvalue weighted by molar-refractivity contribution is 5.77. The third kappa shape index (κ3) is 1.63. The van der Waals surface area contributed by atoms with Crippen molar-refractivity contribution in [1.29, 1.82) is 5.26 Å². The Morgan fingerprint density at radius 1 is 1.53 bits per heavy atom. The number of aromatic nitrogens is 1. The topological polar surface area (TPSA) is 105 Å². The Hall–Kier alpha value is -2.68. The summed E-state index contributed by atoms with van der Waals surface area (Å²) < 4.78 is 9.69. The molecule has 17 heavy (non-hydrogen) atoms. The van der Waals surface area contributed by atoms with E-state index in [0.29, 0.717) is 5.56 Å². The molecule has 6 heteroatoms. The lowest BCUT2D eigenvalue weighted by Gasteiger charge is -2.06. The molecule has 0 unspecified atom stereocenters. The number of benzene rings is 1. The van der Waals surface area contributed by atoms with Gasteiger partial charge in [0.05, 0.1) is 12.7 Å². The third-order valence-corrected chi connectivity index (χ3v) is 2.30. The quantitative estimate of drug-likeness (QED) is 0.811. The summed E-state index contributed by atoms with van der Waals surface area (Å²) in [7, 11) is 1.43. The van der Waals surface area contributed by atoms with E-state index in [2.05, 4.69) is 5.16 Å². The number of rotatable bonds is 2. The summed E-state index contributed by atoms with van der Waals surface area (Å²) in [4.78, 5) is 0. The van der Waals surface area contributed by atoms with Crippen molar-refractivity contribution >= 4 is 5.88 Å². The van der Waals surface area contributed by atoms with Gasteiger partial charge in [0.25, 0.3) is 0 Å². The molecule has 1 aromatic heterocycles. The Kier molecular flexibility index (Phi) is 2.58. The van der Waals surface area contributed by atoms with Gasteiger partial charge in [0.2, 0.25) is 5.88 Å². The van der Waals surface area contributed by atoms with Crippen LogP contribution in [0.2, 0.25) is 0 Å². The van der Waals surface area contributed by atoms with Crippen LogP contribution in [0.15, 0.2) is 22.7 Å². The van der Waals surface area contributed by atoms with E-state index in [-0.39, 0.29) is 28.6 Å². The van der Waals surface area contributed by atoms with E-state index >= 15 is 0 Å². The fourth-order valence-corrected chi connectivity index (χ4v) is 1.47. The van der Waals surface area contributed by atoms with Crippen molar-refractivity contribution in [2.45, 2.75) is 0 Å². The first-order valence-corrected chi connectivity index (χ1v) is 4.70. The number of phenols is 1. The van der Waals surface area contributed by atoms with Crippen LogP contribution in [0.1, 0.15) is 5.56 Å². The molecule has 0 bridgehead atoms. The molecule has 1 heterocycles. The summed E-state index contributed by atoms with van der Waals surface area (Å²) in [6.07, 6.45) is 0. The number of ether oxygens (including phenoxy) is 1. The van der Waals surface area contributed by atoms with Crippen molar-refractivity contribution in [2.24, 2.45) is 0 Å². The molecule has 3 N–H and O–H groups in total. The second-order valence-corrected chi connectivity index (χ2v) is 3.24. The Bertz CT molecular complexity index is 598. The average Bonchev–Trinajstić information content (AvgIpc) is 2.70. The minimum Gasteiger partial charge on any atom is -0.504 e. The van der Waals surface area contributed by atoms with Gasteiger partial charge in [0.15, 0.2) is 11.5 Å². The zero-order valence-electron chi connectivity index (χ0n) is 8.97. The van der Waals surface area contributed by atoms with Gasteiger partial charge in [-0.05, 0) is 12.1 Å². The maximum atomic E-state index is 9.91. The molecule has 0 fully saturated rings. The van der Waals surface area contributed by atoms with Gasteiger partial charge in [-0.15, -0.1) is 0 Å². The second kappa shape index (κ2) is 4.06. The van der Waals surface area contributed by atoms with Crippen LogP contribution >= 0.6 is 0 Å². The van der Waals surface area contributed by atoms with Crippen LogP contribution in [-0.2, 0) is 0 Å². The fourth-order valence-electron chi connectivity index (χ4n) is 1.47. The van der Waals surface area contributed by atoms with Gasteiger partial charge in [0, 0.05) is 0 Å². The summed E-state index contributed by atoms with van der Waals surface area (Å²) in [6, 6.07) is 6.73. The predicted octanol–water partition coefficient (Wildman–Crippen LogP) is 1.51. The first kappa shape index (κ1) is 10.8. The van der Waals surface area contributed by atoms with Crippen LogP contribution in [0.4, 0.5) is 5.88 Å². The van der Waals surface area contributed by atoms with Gasteiger partial charge in [-0.2, -0.15) is 5.26 Å². The molecule has 0 aliphatic rings. The summed E-state index contributed by atoms with van der Waals surface area (Å²) in [5, 5.41) is 22.5. The number of nitrogens with zero attached hydrogens (tertiary/aromatic N) is 2. The Balaban J connectivity index is 2.65. The van der Waals surface area contributed by atoms with Gasteiger partial charge < -0.3 is 20.1 Å². The Labute approximate surface area is 96.8 Å². The number of phenolic OH excluding ortho intramolecular Hbond substituents is 1. The fraction of sp³-hybridized carbons (Fsp3) is 0.0909. The minimum atomic E-state index is -0.111. The molecule has 1 aromatic carbocycles. The standard InChI is InChI=1S/C11H9N3O3/c1-16-8-4-2-3-6(10(8)15)9-7(5-12)11(13)17-14-9/h2-4,15H,13H2,1H3. The van der Waals surface area contributed by atoms with Gasteiger partial charge in [-0.1, -0.05) is 11.2 Å². The van der Waals surface area contributed by atoms with Crippen molar-refractivity contribution in [3.8, 4) is 28.8 Å². The minimum absolute atomic E-state index is 0.0790. The van der Waals surface area contributed by atoms with Crippen molar-refractivity contribution in [2.75, 3.05) is 12.8 Å². The van der Waals surface area contributed by atoms with Crippen molar-refractivity contribution in [1.82, 2.24) is 5.16 Å². The molecule has 86 valence electrons. The van der Waals surface area contributed by atoms with E-state index in [4.69, 9.17) is 20.3 Å². The lowest BCUT2D eigenvalue weighted by atomic mass is 10.1. The molecular weight excluding hydrogens is 222 g/mol. The van der Waals surface area contributed by atoms with Crippen LogP contribution in [0.25, 0.3) is 11.3 Å². The van der Waals surface area contributed by atoms with Crippen LogP contribution < -0.4 is 10.5 Å². The molecule has 0 saturated carbocycles. The zero-order chi connectivity index (χ0) is 12.4. The van der Waals surface area contributed by atoms with E-state index in [1.807, 2.05) is 6.07 Å². The number of hydrogen-bond acceptors (Lipinski definition) is 6. The molecule has 0 spiro atoms. The van der Waals surface area contributed by atoms with Crippen molar-refractivity contribution < 1.29 is 14.4 Å². The van der Waals surface area contributed by atoms with E-state index in [9.17, 15) is 5.11 Å². The van der Waals surface area contributed by atoms with E-state index < -0.39 is 0 Å². The number of para-hydroxylation sites is 1. The smallest absolute Gasteiger partial charge is 0.240 e. The highest BCUT2D eigenvalue weighted by atomic mass is 16.5. The van der Waals surface area contributed by atoms with E-state index in [0.717, 1.165) is 0 Å². The lowest BCUT2D eigenvalue weighted by molar-refractivity contribution is 0.374.